The van der Waals surface area contributed by atoms with Crippen molar-refractivity contribution < 1.29 is 4.74 Å². The molecule has 142 valence electrons. The lowest BCUT2D eigenvalue weighted by atomic mass is 10.1. The maximum absolute atomic E-state index is 5.48. The number of hydrogen-bond acceptors (Lipinski definition) is 6. The molecular weight excluding hydrogens is 354 g/mol. The van der Waals surface area contributed by atoms with Crippen molar-refractivity contribution in [1.29, 1.82) is 0 Å². The molecule has 0 radical (unpaired) electrons. The van der Waals surface area contributed by atoms with Crippen molar-refractivity contribution in [1.82, 2.24) is 29.5 Å². The molecular formula is C20H21N7O. The Morgan fingerprint density at radius 3 is 2.75 bits per heavy atom. The molecule has 0 saturated carbocycles. The number of aromatic amines is 1. The summed E-state index contributed by atoms with van der Waals surface area (Å²) in [6.07, 6.45) is 6.53. The van der Waals surface area contributed by atoms with Crippen LogP contribution in [-0.4, -0.2) is 55.8 Å². The summed E-state index contributed by atoms with van der Waals surface area (Å²) in [7, 11) is 0. The van der Waals surface area contributed by atoms with E-state index in [0.717, 1.165) is 41.7 Å². The number of H-pyrrole nitrogens is 1. The van der Waals surface area contributed by atoms with E-state index in [1.165, 1.54) is 0 Å². The van der Waals surface area contributed by atoms with Crippen LogP contribution in [0, 0.1) is 0 Å². The Labute approximate surface area is 162 Å². The molecule has 4 heterocycles. The normalized spacial score (nSPS) is 14.7. The monoisotopic (exact) mass is 375 g/mol. The minimum Gasteiger partial charge on any atom is -0.378 e. The smallest absolute Gasteiger partial charge is 0.240 e. The number of fused-ring (bicyclic) bond motifs is 1. The van der Waals surface area contributed by atoms with E-state index in [-0.39, 0.29) is 0 Å². The van der Waals surface area contributed by atoms with E-state index in [1.807, 2.05) is 35.2 Å². The Balaban J connectivity index is 1.67. The number of nitrogens with one attached hydrogen (secondary N) is 1. The molecule has 0 atom stereocenters. The molecule has 1 fully saturated rings. The number of benzene rings is 1. The van der Waals surface area contributed by atoms with Crippen LogP contribution in [0.15, 0.2) is 43.0 Å². The van der Waals surface area contributed by atoms with Gasteiger partial charge in [0.15, 0.2) is 5.82 Å². The molecule has 5 rings (SSSR count). The van der Waals surface area contributed by atoms with E-state index < -0.39 is 0 Å². The third-order valence-corrected chi connectivity index (χ3v) is 4.97. The predicted octanol–water partition coefficient (Wildman–Crippen LogP) is 2.60. The summed E-state index contributed by atoms with van der Waals surface area (Å²) < 4.78 is 7.35. The second-order valence-corrected chi connectivity index (χ2v) is 6.73. The van der Waals surface area contributed by atoms with Crippen LogP contribution in [0.2, 0.25) is 0 Å². The third-order valence-electron chi connectivity index (χ3n) is 4.97. The van der Waals surface area contributed by atoms with Gasteiger partial charge in [0, 0.05) is 41.9 Å². The van der Waals surface area contributed by atoms with Crippen molar-refractivity contribution >= 4 is 16.9 Å². The minimum atomic E-state index is 0.575. The fourth-order valence-corrected chi connectivity index (χ4v) is 3.43. The first-order valence-electron chi connectivity index (χ1n) is 9.50. The number of rotatable bonds is 4. The molecule has 4 aromatic rings. The van der Waals surface area contributed by atoms with Crippen LogP contribution < -0.4 is 4.90 Å². The summed E-state index contributed by atoms with van der Waals surface area (Å²) >= 11 is 0. The van der Waals surface area contributed by atoms with Gasteiger partial charge in [0.1, 0.15) is 6.33 Å². The van der Waals surface area contributed by atoms with E-state index in [4.69, 9.17) is 19.7 Å². The van der Waals surface area contributed by atoms with Gasteiger partial charge in [-0.3, -0.25) is 4.57 Å². The molecule has 28 heavy (non-hydrogen) atoms. The topological polar surface area (TPSA) is 84.8 Å². The first-order chi connectivity index (χ1) is 13.8. The van der Waals surface area contributed by atoms with Gasteiger partial charge in [-0.2, -0.15) is 15.0 Å². The number of aryl methyl sites for hydroxylation is 1. The third kappa shape index (κ3) is 3.01. The fourth-order valence-electron chi connectivity index (χ4n) is 3.43. The SMILES string of the molecule is CCc1cn(-c2nc(-c3cccc4[nH]ccc34)nc(N3CCOCC3)n2)cn1. The van der Waals surface area contributed by atoms with Gasteiger partial charge in [0.05, 0.1) is 18.9 Å². The Bertz CT molecular complexity index is 1110. The fraction of sp³-hybridized carbons (Fsp3) is 0.300. The minimum absolute atomic E-state index is 0.575. The molecule has 1 N–H and O–H groups in total. The van der Waals surface area contributed by atoms with E-state index in [0.29, 0.717) is 30.9 Å². The molecule has 8 heteroatoms. The van der Waals surface area contributed by atoms with Crippen molar-refractivity contribution in [3.63, 3.8) is 0 Å². The van der Waals surface area contributed by atoms with Gasteiger partial charge >= 0.3 is 0 Å². The molecule has 0 spiro atoms. The van der Waals surface area contributed by atoms with Crippen LogP contribution in [0.25, 0.3) is 28.2 Å². The standard InChI is InChI=1S/C20H21N7O/c1-2-14-12-27(13-22-14)20-24-18(16-4-3-5-17-15(16)6-7-21-17)23-19(25-20)26-8-10-28-11-9-26/h3-7,12-13,21H,2,8-11H2,1H3. The summed E-state index contributed by atoms with van der Waals surface area (Å²) in [6.45, 7) is 4.96. The lowest BCUT2D eigenvalue weighted by Gasteiger charge is -2.27. The van der Waals surface area contributed by atoms with Gasteiger partial charge < -0.3 is 14.6 Å². The molecule has 0 amide bonds. The first kappa shape index (κ1) is 16.9. The van der Waals surface area contributed by atoms with Crippen LogP contribution in [0.4, 0.5) is 5.95 Å². The molecule has 0 bridgehead atoms. The number of ether oxygens (including phenoxy) is 1. The Morgan fingerprint density at radius 2 is 1.93 bits per heavy atom. The molecule has 1 aliphatic rings. The second-order valence-electron chi connectivity index (χ2n) is 6.73. The van der Waals surface area contributed by atoms with E-state index >= 15 is 0 Å². The highest BCUT2D eigenvalue weighted by Crippen LogP contribution is 2.27. The maximum atomic E-state index is 5.48. The molecule has 1 saturated heterocycles. The number of nitrogens with zero attached hydrogens (tertiary/aromatic N) is 6. The summed E-state index contributed by atoms with van der Waals surface area (Å²) in [5.41, 5.74) is 3.04. The number of imidazole rings is 1. The van der Waals surface area contributed by atoms with Crippen molar-refractivity contribution in [2.45, 2.75) is 13.3 Å². The Hall–Kier alpha value is -3.26. The van der Waals surface area contributed by atoms with E-state index in [2.05, 4.69) is 27.9 Å². The zero-order valence-corrected chi connectivity index (χ0v) is 15.7. The van der Waals surface area contributed by atoms with E-state index in [9.17, 15) is 0 Å². The van der Waals surface area contributed by atoms with Gasteiger partial charge in [0.25, 0.3) is 0 Å². The Kier molecular flexibility index (Phi) is 4.25. The molecule has 1 aliphatic heterocycles. The van der Waals surface area contributed by atoms with Crippen LogP contribution in [0.3, 0.4) is 0 Å². The van der Waals surface area contributed by atoms with Crippen LogP contribution in [0.5, 0.6) is 0 Å². The van der Waals surface area contributed by atoms with Crippen LogP contribution in [-0.2, 0) is 11.2 Å². The number of hydrogen-bond donors (Lipinski definition) is 1. The zero-order chi connectivity index (χ0) is 18.9. The second kappa shape index (κ2) is 7.05. The lowest BCUT2D eigenvalue weighted by Crippen LogP contribution is -2.37. The van der Waals surface area contributed by atoms with Gasteiger partial charge in [-0.05, 0) is 18.6 Å². The molecule has 3 aromatic heterocycles. The van der Waals surface area contributed by atoms with Crippen LogP contribution in [0.1, 0.15) is 12.6 Å². The van der Waals surface area contributed by atoms with Crippen molar-refractivity contribution in [3.05, 3.63) is 48.7 Å². The summed E-state index contributed by atoms with van der Waals surface area (Å²) in [4.78, 5) is 24.1. The van der Waals surface area contributed by atoms with E-state index in [1.54, 1.807) is 6.33 Å². The zero-order valence-electron chi connectivity index (χ0n) is 15.7. The number of anilines is 1. The molecule has 1 aromatic carbocycles. The summed E-state index contributed by atoms with van der Waals surface area (Å²) in [5.74, 6) is 1.90. The Morgan fingerprint density at radius 1 is 1.07 bits per heavy atom. The van der Waals surface area contributed by atoms with Crippen molar-refractivity contribution in [2.24, 2.45) is 0 Å². The number of aromatic nitrogens is 6. The van der Waals surface area contributed by atoms with Gasteiger partial charge in [-0.15, -0.1) is 0 Å². The molecule has 0 unspecified atom stereocenters. The van der Waals surface area contributed by atoms with Crippen molar-refractivity contribution in [3.8, 4) is 17.3 Å². The molecule has 0 aliphatic carbocycles. The van der Waals surface area contributed by atoms with Crippen molar-refractivity contribution in [2.75, 3.05) is 31.2 Å². The lowest BCUT2D eigenvalue weighted by molar-refractivity contribution is 0.122. The first-order valence-corrected chi connectivity index (χ1v) is 9.50. The largest absolute Gasteiger partial charge is 0.378 e. The average Bonchev–Trinajstić information content (AvgIpc) is 3.43. The highest BCUT2D eigenvalue weighted by atomic mass is 16.5. The average molecular weight is 375 g/mol. The number of morpholine rings is 1. The van der Waals surface area contributed by atoms with Gasteiger partial charge in [-0.1, -0.05) is 19.1 Å². The molecule has 8 nitrogen and oxygen atoms in total. The summed E-state index contributed by atoms with van der Waals surface area (Å²) in [6, 6.07) is 8.16. The quantitative estimate of drug-likeness (QED) is 0.590. The predicted molar refractivity (Wildman–Crippen MR) is 107 cm³/mol. The maximum Gasteiger partial charge on any atom is 0.240 e. The van der Waals surface area contributed by atoms with Gasteiger partial charge in [-0.25, -0.2) is 4.98 Å². The summed E-state index contributed by atoms with van der Waals surface area (Å²) in [5, 5.41) is 1.09. The van der Waals surface area contributed by atoms with Crippen LogP contribution >= 0.6 is 0 Å². The van der Waals surface area contributed by atoms with Gasteiger partial charge in [0.2, 0.25) is 11.9 Å². The highest BCUT2D eigenvalue weighted by Gasteiger charge is 2.19. The highest BCUT2D eigenvalue weighted by molar-refractivity contribution is 5.93.